The van der Waals surface area contributed by atoms with Crippen LogP contribution in [0.25, 0.3) is 0 Å². The van der Waals surface area contributed by atoms with Gasteiger partial charge in [-0.05, 0) is 46.6 Å². The van der Waals surface area contributed by atoms with Crippen molar-refractivity contribution in [2.75, 3.05) is 13.7 Å². The van der Waals surface area contributed by atoms with Gasteiger partial charge in [0.15, 0.2) is 4.60 Å². The molecule has 0 amide bonds. The van der Waals surface area contributed by atoms with Gasteiger partial charge in [0.05, 0.1) is 18.8 Å². The van der Waals surface area contributed by atoms with Crippen molar-refractivity contribution in [1.82, 2.24) is 20.3 Å². The number of ether oxygens (including phenoxy) is 1. The number of aryl methyl sites for hydroxylation is 1. The van der Waals surface area contributed by atoms with Crippen LogP contribution >= 0.6 is 15.9 Å². The van der Waals surface area contributed by atoms with E-state index in [0.29, 0.717) is 0 Å². The van der Waals surface area contributed by atoms with Gasteiger partial charge in [0.2, 0.25) is 0 Å². The van der Waals surface area contributed by atoms with Crippen LogP contribution in [0.15, 0.2) is 28.9 Å². The molecule has 20 heavy (non-hydrogen) atoms. The molecule has 0 bridgehead atoms. The Hall–Kier alpha value is -1.40. The third-order valence-corrected chi connectivity index (χ3v) is 3.71. The van der Waals surface area contributed by atoms with Crippen LogP contribution in [0.5, 0.6) is 5.75 Å². The van der Waals surface area contributed by atoms with Crippen molar-refractivity contribution in [3.63, 3.8) is 0 Å². The van der Waals surface area contributed by atoms with Crippen molar-refractivity contribution in [3.05, 3.63) is 40.1 Å². The monoisotopic (exact) mass is 338 g/mol. The highest BCUT2D eigenvalue weighted by atomic mass is 79.9. The second kappa shape index (κ2) is 6.85. The summed E-state index contributed by atoms with van der Waals surface area (Å²) in [5, 5.41) is 11.7. The standard InChI is InChI=1S/C14H19BrN4O/c1-4-9-16-12(13-14(15)17-18-19(13)2)10-5-7-11(20-3)8-6-10/h5-8,12,16H,4,9H2,1-3H3. The Morgan fingerprint density at radius 2 is 2.05 bits per heavy atom. The molecular formula is C14H19BrN4O. The Labute approximate surface area is 127 Å². The minimum Gasteiger partial charge on any atom is -0.497 e. The first-order valence-electron chi connectivity index (χ1n) is 6.59. The van der Waals surface area contributed by atoms with E-state index in [2.05, 4.69) is 50.6 Å². The van der Waals surface area contributed by atoms with E-state index in [1.807, 2.05) is 19.2 Å². The Bertz CT molecular complexity index is 533. The maximum Gasteiger partial charge on any atom is 0.153 e. The fraction of sp³-hybridized carbons (Fsp3) is 0.429. The van der Waals surface area contributed by atoms with E-state index in [4.69, 9.17) is 4.74 Å². The number of hydrogen-bond donors (Lipinski definition) is 1. The predicted molar refractivity (Wildman–Crippen MR) is 81.8 cm³/mol. The fourth-order valence-corrected chi connectivity index (χ4v) is 2.66. The highest BCUT2D eigenvalue weighted by molar-refractivity contribution is 9.10. The molecule has 2 rings (SSSR count). The smallest absolute Gasteiger partial charge is 0.153 e. The van der Waals surface area contributed by atoms with Crippen LogP contribution in [0.4, 0.5) is 0 Å². The second-order valence-electron chi connectivity index (χ2n) is 4.55. The maximum absolute atomic E-state index is 5.21. The SMILES string of the molecule is CCCNC(c1ccc(OC)cc1)c1c(Br)nnn1C. The van der Waals surface area contributed by atoms with Crippen LogP contribution in [0.3, 0.4) is 0 Å². The summed E-state index contributed by atoms with van der Waals surface area (Å²) in [6.45, 7) is 3.07. The van der Waals surface area contributed by atoms with Crippen LogP contribution < -0.4 is 10.1 Å². The third-order valence-electron chi connectivity index (χ3n) is 3.15. The first-order valence-corrected chi connectivity index (χ1v) is 7.39. The van der Waals surface area contributed by atoms with Crippen molar-refractivity contribution in [3.8, 4) is 5.75 Å². The molecule has 0 fully saturated rings. The summed E-state index contributed by atoms with van der Waals surface area (Å²) in [4.78, 5) is 0. The van der Waals surface area contributed by atoms with Crippen molar-refractivity contribution in [2.45, 2.75) is 19.4 Å². The van der Waals surface area contributed by atoms with E-state index >= 15 is 0 Å². The van der Waals surface area contributed by atoms with Gasteiger partial charge < -0.3 is 10.1 Å². The van der Waals surface area contributed by atoms with Gasteiger partial charge in [0.1, 0.15) is 5.75 Å². The molecule has 1 atom stereocenters. The zero-order valence-electron chi connectivity index (χ0n) is 11.9. The molecule has 0 aliphatic heterocycles. The fourth-order valence-electron chi connectivity index (χ4n) is 2.10. The van der Waals surface area contributed by atoms with Gasteiger partial charge >= 0.3 is 0 Å². The zero-order chi connectivity index (χ0) is 14.5. The molecule has 0 saturated heterocycles. The normalized spacial score (nSPS) is 12.4. The highest BCUT2D eigenvalue weighted by Gasteiger charge is 2.21. The average Bonchev–Trinajstić information content (AvgIpc) is 2.80. The molecule has 0 aliphatic carbocycles. The second-order valence-corrected chi connectivity index (χ2v) is 5.30. The molecule has 5 nitrogen and oxygen atoms in total. The van der Waals surface area contributed by atoms with Gasteiger partial charge in [-0.25, -0.2) is 4.68 Å². The van der Waals surface area contributed by atoms with Gasteiger partial charge in [0, 0.05) is 7.05 Å². The zero-order valence-corrected chi connectivity index (χ0v) is 13.5. The van der Waals surface area contributed by atoms with E-state index in [9.17, 15) is 0 Å². The lowest BCUT2D eigenvalue weighted by molar-refractivity contribution is 0.414. The lowest BCUT2D eigenvalue weighted by atomic mass is 10.0. The number of rotatable bonds is 6. The van der Waals surface area contributed by atoms with Crippen molar-refractivity contribution >= 4 is 15.9 Å². The summed E-state index contributed by atoms with van der Waals surface area (Å²) < 4.78 is 7.77. The number of hydrogen-bond acceptors (Lipinski definition) is 4. The molecule has 0 aliphatic rings. The van der Waals surface area contributed by atoms with Crippen LogP contribution in [-0.4, -0.2) is 28.6 Å². The number of aromatic nitrogens is 3. The summed E-state index contributed by atoms with van der Waals surface area (Å²) in [6.07, 6.45) is 1.07. The topological polar surface area (TPSA) is 52.0 Å². The molecule has 1 aromatic carbocycles. The van der Waals surface area contributed by atoms with E-state index in [1.54, 1.807) is 11.8 Å². The quantitative estimate of drug-likeness (QED) is 0.879. The molecule has 1 aromatic heterocycles. The van der Waals surface area contributed by atoms with Gasteiger partial charge in [-0.3, -0.25) is 0 Å². The third kappa shape index (κ3) is 3.19. The molecule has 6 heteroatoms. The van der Waals surface area contributed by atoms with E-state index in [1.165, 1.54) is 0 Å². The molecule has 0 spiro atoms. The van der Waals surface area contributed by atoms with Crippen LogP contribution in [-0.2, 0) is 7.05 Å². The molecule has 1 unspecified atom stereocenters. The molecule has 0 radical (unpaired) electrons. The molecule has 1 N–H and O–H groups in total. The minimum atomic E-state index is 0.0511. The molecule has 108 valence electrons. The number of nitrogens with zero attached hydrogens (tertiary/aromatic N) is 3. The highest BCUT2D eigenvalue weighted by Crippen LogP contribution is 2.27. The lowest BCUT2D eigenvalue weighted by Crippen LogP contribution is -2.25. The van der Waals surface area contributed by atoms with Crippen LogP contribution in [0.1, 0.15) is 30.6 Å². The van der Waals surface area contributed by atoms with Gasteiger partial charge in [-0.15, -0.1) is 5.10 Å². The first kappa shape index (κ1) is 15.0. The Balaban J connectivity index is 2.36. The minimum absolute atomic E-state index is 0.0511. The predicted octanol–water partition coefficient (Wildman–Crippen LogP) is 2.68. The Morgan fingerprint density at radius 3 is 2.55 bits per heavy atom. The largest absolute Gasteiger partial charge is 0.497 e. The van der Waals surface area contributed by atoms with Crippen molar-refractivity contribution < 1.29 is 4.74 Å². The Morgan fingerprint density at radius 1 is 1.35 bits per heavy atom. The molecule has 1 heterocycles. The number of halogens is 1. The molecular weight excluding hydrogens is 320 g/mol. The van der Waals surface area contributed by atoms with E-state index in [-0.39, 0.29) is 6.04 Å². The summed E-state index contributed by atoms with van der Waals surface area (Å²) in [5.41, 5.74) is 2.17. The number of benzene rings is 1. The van der Waals surface area contributed by atoms with Gasteiger partial charge in [0.25, 0.3) is 0 Å². The lowest BCUT2D eigenvalue weighted by Gasteiger charge is -2.19. The molecule has 0 saturated carbocycles. The van der Waals surface area contributed by atoms with Gasteiger partial charge in [-0.2, -0.15) is 0 Å². The van der Waals surface area contributed by atoms with Crippen molar-refractivity contribution in [2.24, 2.45) is 7.05 Å². The van der Waals surface area contributed by atoms with Gasteiger partial charge in [-0.1, -0.05) is 24.3 Å². The van der Waals surface area contributed by atoms with Crippen LogP contribution in [0, 0.1) is 0 Å². The summed E-state index contributed by atoms with van der Waals surface area (Å²) in [6, 6.07) is 8.11. The van der Waals surface area contributed by atoms with E-state index < -0.39 is 0 Å². The first-order chi connectivity index (χ1) is 9.67. The van der Waals surface area contributed by atoms with E-state index in [0.717, 1.165) is 34.6 Å². The summed E-state index contributed by atoms with van der Waals surface area (Å²) >= 11 is 3.48. The summed E-state index contributed by atoms with van der Waals surface area (Å²) in [5.74, 6) is 0.852. The van der Waals surface area contributed by atoms with Crippen molar-refractivity contribution in [1.29, 1.82) is 0 Å². The average molecular weight is 339 g/mol. The van der Waals surface area contributed by atoms with Crippen LogP contribution in [0.2, 0.25) is 0 Å². The summed E-state index contributed by atoms with van der Waals surface area (Å²) in [7, 11) is 3.57. The maximum atomic E-state index is 5.21. The number of nitrogens with one attached hydrogen (secondary N) is 1. The number of methoxy groups -OCH3 is 1. The molecule has 2 aromatic rings. The Kier molecular flexibility index (Phi) is 5.14.